The van der Waals surface area contributed by atoms with Crippen molar-refractivity contribution in [3.05, 3.63) is 27.4 Å². The van der Waals surface area contributed by atoms with Gasteiger partial charge in [-0.25, -0.2) is 4.98 Å². The Bertz CT molecular complexity index is 638. The standard InChI is InChI=1S/C12H11Br2N3O3/c1-18-8-3-7(14)9(4-6(8)13)20-12-10(19-2)11(15)16-5-17-12/h3-5H,1-2H3,(H2,15,16,17). The van der Waals surface area contributed by atoms with Gasteiger partial charge >= 0.3 is 0 Å². The number of halogens is 2. The van der Waals surface area contributed by atoms with Gasteiger partial charge in [-0.2, -0.15) is 4.98 Å². The lowest BCUT2D eigenvalue weighted by Gasteiger charge is -2.12. The van der Waals surface area contributed by atoms with Gasteiger partial charge in [-0.1, -0.05) is 0 Å². The van der Waals surface area contributed by atoms with Crippen LogP contribution in [0.15, 0.2) is 27.4 Å². The van der Waals surface area contributed by atoms with E-state index >= 15 is 0 Å². The van der Waals surface area contributed by atoms with Gasteiger partial charge in [0.25, 0.3) is 5.88 Å². The number of nitrogen functional groups attached to an aromatic ring is 1. The Morgan fingerprint density at radius 3 is 2.30 bits per heavy atom. The molecule has 1 aromatic carbocycles. The molecule has 1 heterocycles. The highest BCUT2D eigenvalue weighted by Crippen LogP contribution is 2.40. The third kappa shape index (κ3) is 2.96. The van der Waals surface area contributed by atoms with Gasteiger partial charge in [-0.05, 0) is 44.0 Å². The molecule has 0 amide bonds. The van der Waals surface area contributed by atoms with E-state index in [0.29, 0.717) is 16.0 Å². The molecule has 0 spiro atoms. The van der Waals surface area contributed by atoms with Crippen LogP contribution in [-0.4, -0.2) is 24.2 Å². The summed E-state index contributed by atoms with van der Waals surface area (Å²) in [6.45, 7) is 0. The van der Waals surface area contributed by atoms with Crippen LogP contribution >= 0.6 is 31.9 Å². The SMILES string of the molecule is COc1cc(Br)c(Oc2ncnc(N)c2OC)cc1Br. The first-order chi connectivity index (χ1) is 9.56. The zero-order valence-corrected chi connectivity index (χ0v) is 13.9. The van der Waals surface area contributed by atoms with Gasteiger partial charge < -0.3 is 19.9 Å². The van der Waals surface area contributed by atoms with E-state index in [-0.39, 0.29) is 17.4 Å². The lowest BCUT2D eigenvalue weighted by molar-refractivity contribution is 0.367. The maximum atomic E-state index is 5.70. The lowest BCUT2D eigenvalue weighted by atomic mass is 10.3. The number of nitrogens with two attached hydrogens (primary N) is 1. The summed E-state index contributed by atoms with van der Waals surface area (Å²) >= 11 is 6.79. The highest BCUT2D eigenvalue weighted by Gasteiger charge is 2.15. The van der Waals surface area contributed by atoms with Crippen LogP contribution in [0, 0.1) is 0 Å². The molecule has 2 N–H and O–H groups in total. The summed E-state index contributed by atoms with van der Waals surface area (Å²) in [5, 5.41) is 0. The number of hydrogen-bond donors (Lipinski definition) is 1. The Morgan fingerprint density at radius 2 is 1.65 bits per heavy atom. The molecule has 0 aliphatic heterocycles. The number of hydrogen-bond acceptors (Lipinski definition) is 6. The van der Waals surface area contributed by atoms with Crippen LogP contribution in [0.25, 0.3) is 0 Å². The predicted octanol–water partition coefficient (Wildman–Crippen LogP) is 3.39. The van der Waals surface area contributed by atoms with Crippen molar-refractivity contribution in [2.75, 3.05) is 20.0 Å². The van der Waals surface area contributed by atoms with E-state index in [2.05, 4.69) is 41.8 Å². The largest absolute Gasteiger partial charge is 0.496 e. The van der Waals surface area contributed by atoms with Gasteiger partial charge in [0, 0.05) is 0 Å². The zero-order valence-electron chi connectivity index (χ0n) is 10.7. The highest BCUT2D eigenvalue weighted by atomic mass is 79.9. The molecule has 8 heteroatoms. The monoisotopic (exact) mass is 403 g/mol. The molecule has 0 aliphatic rings. The fourth-order valence-corrected chi connectivity index (χ4v) is 2.37. The van der Waals surface area contributed by atoms with Crippen molar-refractivity contribution in [2.24, 2.45) is 0 Å². The smallest absolute Gasteiger partial charge is 0.268 e. The number of rotatable bonds is 4. The van der Waals surface area contributed by atoms with Crippen LogP contribution in [0.2, 0.25) is 0 Å². The van der Waals surface area contributed by atoms with Gasteiger partial charge in [0.15, 0.2) is 5.82 Å². The molecule has 2 rings (SSSR count). The molecule has 1 aromatic heterocycles. The van der Waals surface area contributed by atoms with E-state index in [9.17, 15) is 0 Å². The first-order valence-corrected chi connectivity index (χ1v) is 7.00. The first-order valence-electron chi connectivity index (χ1n) is 5.42. The van der Waals surface area contributed by atoms with Crippen LogP contribution in [0.3, 0.4) is 0 Å². The van der Waals surface area contributed by atoms with Crippen molar-refractivity contribution in [3.8, 4) is 23.1 Å². The van der Waals surface area contributed by atoms with Crippen molar-refractivity contribution in [1.29, 1.82) is 0 Å². The quantitative estimate of drug-likeness (QED) is 0.841. The maximum absolute atomic E-state index is 5.70. The Labute approximate surface area is 132 Å². The van der Waals surface area contributed by atoms with Crippen LogP contribution < -0.4 is 19.9 Å². The van der Waals surface area contributed by atoms with Gasteiger partial charge in [-0.15, -0.1) is 0 Å². The van der Waals surface area contributed by atoms with Crippen molar-refractivity contribution in [1.82, 2.24) is 9.97 Å². The van der Waals surface area contributed by atoms with E-state index in [0.717, 1.165) is 4.47 Å². The molecule has 106 valence electrons. The van der Waals surface area contributed by atoms with E-state index < -0.39 is 0 Å². The zero-order chi connectivity index (χ0) is 14.7. The molecule has 0 atom stereocenters. The summed E-state index contributed by atoms with van der Waals surface area (Å²) in [4.78, 5) is 7.85. The molecular formula is C12H11Br2N3O3. The van der Waals surface area contributed by atoms with Crippen molar-refractivity contribution < 1.29 is 14.2 Å². The highest BCUT2D eigenvalue weighted by molar-refractivity contribution is 9.11. The van der Waals surface area contributed by atoms with E-state index in [1.165, 1.54) is 13.4 Å². The normalized spacial score (nSPS) is 10.2. The molecule has 0 bridgehead atoms. The topological polar surface area (TPSA) is 79.5 Å². The molecule has 6 nitrogen and oxygen atoms in total. The summed E-state index contributed by atoms with van der Waals surface area (Å²) in [6.07, 6.45) is 1.31. The van der Waals surface area contributed by atoms with Crippen LogP contribution in [0.5, 0.6) is 23.1 Å². The van der Waals surface area contributed by atoms with E-state index in [1.807, 2.05) is 0 Å². The second-order valence-corrected chi connectivity index (χ2v) is 5.33. The molecule has 0 saturated carbocycles. The molecule has 0 radical (unpaired) electrons. The average molecular weight is 405 g/mol. The predicted molar refractivity (Wildman–Crippen MR) is 81.5 cm³/mol. The van der Waals surface area contributed by atoms with Crippen molar-refractivity contribution in [2.45, 2.75) is 0 Å². The third-order valence-corrected chi connectivity index (χ3v) is 3.66. The number of nitrogens with zero attached hydrogens (tertiary/aromatic N) is 2. The molecular weight excluding hydrogens is 394 g/mol. The molecule has 20 heavy (non-hydrogen) atoms. The van der Waals surface area contributed by atoms with Crippen LogP contribution in [0.1, 0.15) is 0 Å². The third-order valence-electron chi connectivity index (χ3n) is 2.42. The summed E-state index contributed by atoms with van der Waals surface area (Å²) in [7, 11) is 3.06. The second-order valence-electron chi connectivity index (χ2n) is 3.62. The van der Waals surface area contributed by atoms with Crippen molar-refractivity contribution in [3.63, 3.8) is 0 Å². The summed E-state index contributed by atoms with van der Waals surface area (Å²) < 4.78 is 17.5. The minimum atomic E-state index is 0.209. The number of aromatic nitrogens is 2. The summed E-state index contributed by atoms with van der Waals surface area (Å²) in [5.74, 6) is 1.94. The molecule has 0 aliphatic carbocycles. The molecule has 0 saturated heterocycles. The number of anilines is 1. The Balaban J connectivity index is 2.40. The summed E-state index contributed by atoms with van der Waals surface area (Å²) in [5.41, 5.74) is 5.70. The minimum Gasteiger partial charge on any atom is -0.496 e. The second kappa shape index (κ2) is 6.27. The average Bonchev–Trinajstić information content (AvgIpc) is 2.42. The van der Waals surface area contributed by atoms with Gasteiger partial charge in [-0.3, -0.25) is 0 Å². The fraction of sp³-hybridized carbons (Fsp3) is 0.167. The molecule has 0 fully saturated rings. The number of ether oxygens (including phenoxy) is 3. The minimum absolute atomic E-state index is 0.209. The molecule has 0 unspecified atom stereocenters. The number of methoxy groups -OCH3 is 2. The molecule has 2 aromatic rings. The Kier molecular flexibility index (Phi) is 4.66. The van der Waals surface area contributed by atoms with Crippen molar-refractivity contribution >= 4 is 37.7 Å². The summed E-state index contributed by atoms with van der Waals surface area (Å²) in [6, 6.07) is 3.52. The van der Waals surface area contributed by atoms with Gasteiger partial charge in [0.2, 0.25) is 5.75 Å². The lowest BCUT2D eigenvalue weighted by Crippen LogP contribution is -2.00. The van der Waals surface area contributed by atoms with Crippen LogP contribution in [-0.2, 0) is 0 Å². The van der Waals surface area contributed by atoms with Gasteiger partial charge in [0.05, 0.1) is 23.2 Å². The first kappa shape index (κ1) is 14.9. The maximum Gasteiger partial charge on any atom is 0.268 e. The fourth-order valence-electron chi connectivity index (χ4n) is 1.48. The Morgan fingerprint density at radius 1 is 1.00 bits per heavy atom. The number of benzene rings is 1. The van der Waals surface area contributed by atoms with Crippen LogP contribution in [0.4, 0.5) is 5.82 Å². The van der Waals surface area contributed by atoms with E-state index in [1.54, 1.807) is 19.2 Å². The van der Waals surface area contributed by atoms with E-state index in [4.69, 9.17) is 19.9 Å². The van der Waals surface area contributed by atoms with Gasteiger partial charge in [0.1, 0.15) is 17.8 Å². The Hall–Kier alpha value is -1.54.